The molecule has 1 rings (SSSR count). The van der Waals surface area contributed by atoms with Gasteiger partial charge in [0.05, 0.1) is 6.10 Å². The Morgan fingerprint density at radius 2 is 2.17 bits per heavy atom. The topological polar surface area (TPSA) is 21.3 Å². The zero-order valence-electron chi connectivity index (χ0n) is 12.3. The SMILES string of the molecule is C=CCCCCCC(NCC)C1CCOC1CC. The van der Waals surface area contributed by atoms with E-state index in [1.807, 2.05) is 6.08 Å². The molecule has 1 aliphatic heterocycles. The summed E-state index contributed by atoms with van der Waals surface area (Å²) in [4.78, 5) is 0. The van der Waals surface area contributed by atoms with Gasteiger partial charge in [0.25, 0.3) is 0 Å². The predicted molar refractivity (Wildman–Crippen MR) is 78.9 cm³/mol. The molecule has 1 saturated heterocycles. The highest BCUT2D eigenvalue weighted by molar-refractivity contribution is 4.85. The minimum atomic E-state index is 0.488. The summed E-state index contributed by atoms with van der Waals surface area (Å²) in [6, 6.07) is 0.659. The Hall–Kier alpha value is -0.340. The van der Waals surface area contributed by atoms with Gasteiger partial charge < -0.3 is 10.1 Å². The zero-order chi connectivity index (χ0) is 13.2. The van der Waals surface area contributed by atoms with Crippen molar-refractivity contribution in [2.24, 2.45) is 5.92 Å². The molecule has 3 unspecified atom stereocenters. The lowest BCUT2D eigenvalue weighted by Gasteiger charge is -2.28. The van der Waals surface area contributed by atoms with Gasteiger partial charge in [-0.1, -0.05) is 32.8 Å². The minimum Gasteiger partial charge on any atom is -0.378 e. The summed E-state index contributed by atoms with van der Waals surface area (Å²) in [5, 5.41) is 3.68. The van der Waals surface area contributed by atoms with Crippen LogP contribution in [0.2, 0.25) is 0 Å². The Labute approximate surface area is 113 Å². The van der Waals surface area contributed by atoms with Crippen molar-refractivity contribution in [3.05, 3.63) is 12.7 Å². The minimum absolute atomic E-state index is 0.488. The van der Waals surface area contributed by atoms with E-state index in [1.54, 1.807) is 0 Å². The van der Waals surface area contributed by atoms with Crippen LogP contribution in [0.25, 0.3) is 0 Å². The second-order valence-electron chi connectivity index (χ2n) is 5.36. The third kappa shape index (κ3) is 5.11. The van der Waals surface area contributed by atoms with Crippen molar-refractivity contribution in [2.45, 2.75) is 70.9 Å². The van der Waals surface area contributed by atoms with E-state index in [0.29, 0.717) is 12.1 Å². The zero-order valence-corrected chi connectivity index (χ0v) is 12.3. The highest BCUT2D eigenvalue weighted by Crippen LogP contribution is 2.28. The van der Waals surface area contributed by atoms with Gasteiger partial charge in [-0.2, -0.15) is 0 Å². The normalized spacial score (nSPS) is 25.2. The van der Waals surface area contributed by atoms with Crippen LogP contribution in [0.4, 0.5) is 0 Å². The van der Waals surface area contributed by atoms with E-state index in [1.165, 1.54) is 32.1 Å². The fraction of sp³-hybridized carbons (Fsp3) is 0.875. The molecule has 0 aliphatic carbocycles. The molecule has 2 heteroatoms. The smallest absolute Gasteiger partial charge is 0.0616 e. The van der Waals surface area contributed by atoms with Crippen molar-refractivity contribution in [1.29, 1.82) is 0 Å². The van der Waals surface area contributed by atoms with Gasteiger partial charge >= 0.3 is 0 Å². The maximum absolute atomic E-state index is 5.83. The van der Waals surface area contributed by atoms with E-state index in [2.05, 4.69) is 25.7 Å². The number of rotatable bonds is 10. The molecule has 0 aromatic carbocycles. The molecule has 2 nitrogen and oxygen atoms in total. The van der Waals surface area contributed by atoms with Gasteiger partial charge in [-0.05, 0) is 38.6 Å². The van der Waals surface area contributed by atoms with Crippen molar-refractivity contribution < 1.29 is 4.74 Å². The van der Waals surface area contributed by atoms with Gasteiger partial charge in [-0.3, -0.25) is 0 Å². The van der Waals surface area contributed by atoms with E-state index in [4.69, 9.17) is 4.74 Å². The standard InChI is InChI=1S/C16H31NO/c1-4-7-8-9-10-11-15(17-6-3)14-12-13-18-16(14)5-2/h4,14-17H,1,5-13H2,2-3H3. The van der Waals surface area contributed by atoms with Crippen LogP contribution in [0.3, 0.4) is 0 Å². The summed E-state index contributed by atoms with van der Waals surface area (Å²) < 4.78 is 5.83. The fourth-order valence-corrected chi connectivity index (χ4v) is 3.11. The molecule has 0 bridgehead atoms. The average Bonchev–Trinajstić information content (AvgIpc) is 2.85. The highest BCUT2D eigenvalue weighted by Gasteiger charge is 2.32. The van der Waals surface area contributed by atoms with E-state index >= 15 is 0 Å². The summed E-state index contributed by atoms with van der Waals surface area (Å²) in [5.74, 6) is 0.731. The molecule has 1 fully saturated rings. The molecule has 0 saturated carbocycles. The van der Waals surface area contributed by atoms with Crippen LogP contribution >= 0.6 is 0 Å². The molecule has 0 amide bonds. The quantitative estimate of drug-likeness (QED) is 0.471. The summed E-state index contributed by atoms with van der Waals surface area (Å²) in [6.45, 7) is 10.3. The van der Waals surface area contributed by atoms with E-state index in [0.717, 1.165) is 31.9 Å². The van der Waals surface area contributed by atoms with Crippen molar-refractivity contribution in [3.63, 3.8) is 0 Å². The molecular weight excluding hydrogens is 222 g/mol. The largest absolute Gasteiger partial charge is 0.378 e. The maximum atomic E-state index is 5.83. The summed E-state index contributed by atoms with van der Waals surface area (Å²) in [5.41, 5.74) is 0. The van der Waals surface area contributed by atoms with Crippen molar-refractivity contribution >= 4 is 0 Å². The number of allylic oxidation sites excluding steroid dienone is 1. The maximum Gasteiger partial charge on any atom is 0.0616 e. The first-order valence-corrected chi connectivity index (χ1v) is 7.79. The van der Waals surface area contributed by atoms with Gasteiger partial charge in [0.2, 0.25) is 0 Å². The van der Waals surface area contributed by atoms with Gasteiger partial charge in [-0.25, -0.2) is 0 Å². The molecule has 106 valence electrons. The van der Waals surface area contributed by atoms with E-state index in [-0.39, 0.29) is 0 Å². The number of hydrogen-bond acceptors (Lipinski definition) is 2. The summed E-state index contributed by atoms with van der Waals surface area (Å²) in [6.07, 6.45) is 11.3. The lowest BCUT2D eigenvalue weighted by atomic mass is 9.88. The Kier molecular flexibility index (Phi) is 8.36. The first-order valence-electron chi connectivity index (χ1n) is 7.79. The third-order valence-corrected chi connectivity index (χ3v) is 4.07. The van der Waals surface area contributed by atoms with Crippen LogP contribution in [0, 0.1) is 5.92 Å². The van der Waals surface area contributed by atoms with Gasteiger partial charge in [-0.15, -0.1) is 6.58 Å². The lowest BCUT2D eigenvalue weighted by Crippen LogP contribution is -2.39. The van der Waals surface area contributed by atoms with Gasteiger partial charge in [0.1, 0.15) is 0 Å². The fourth-order valence-electron chi connectivity index (χ4n) is 3.11. The van der Waals surface area contributed by atoms with Gasteiger partial charge in [0.15, 0.2) is 0 Å². The van der Waals surface area contributed by atoms with Crippen LogP contribution in [0.1, 0.15) is 58.8 Å². The third-order valence-electron chi connectivity index (χ3n) is 4.07. The molecule has 1 heterocycles. The van der Waals surface area contributed by atoms with Gasteiger partial charge in [0, 0.05) is 18.6 Å². The molecular formula is C16H31NO. The van der Waals surface area contributed by atoms with Crippen molar-refractivity contribution in [3.8, 4) is 0 Å². The Balaban J connectivity index is 2.31. The van der Waals surface area contributed by atoms with Crippen LogP contribution in [-0.2, 0) is 4.74 Å². The predicted octanol–water partition coefficient (Wildman–Crippen LogP) is 3.92. The number of unbranched alkanes of at least 4 members (excludes halogenated alkanes) is 3. The number of hydrogen-bond donors (Lipinski definition) is 1. The molecule has 0 radical (unpaired) electrons. The molecule has 0 spiro atoms. The summed E-state index contributed by atoms with van der Waals surface area (Å²) in [7, 11) is 0. The van der Waals surface area contributed by atoms with Crippen LogP contribution in [0.5, 0.6) is 0 Å². The second kappa shape index (κ2) is 9.57. The first kappa shape index (κ1) is 15.7. The van der Waals surface area contributed by atoms with Crippen LogP contribution < -0.4 is 5.32 Å². The van der Waals surface area contributed by atoms with E-state index in [9.17, 15) is 0 Å². The van der Waals surface area contributed by atoms with Crippen LogP contribution in [-0.4, -0.2) is 25.3 Å². The van der Waals surface area contributed by atoms with Crippen molar-refractivity contribution in [2.75, 3.05) is 13.2 Å². The highest BCUT2D eigenvalue weighted by atomic mass is 16.5. The Morgan fingerprint density at radius 1 is 1.33 bits per heavy atom. The molecule has 1 aliphatic rings. The van der Waals surface area contributed by atoms with Crippen LogP contribution in [0.15, 0.2) is 12.7 Å². The Morgan fingerprint density at radius 3 is 2.83 bits per heavy atom. The van der Waals surface area contributed by atoms with E-state index < -0.39 is 0 Å². The molecule has 0 aromatic rings. The molecule has 1 N–H and O–H groups in total. The molecule has 0 aromatic heterocycles. The lowest BCUT2D eigenvalue weighted by molar-refractivity contribution is 0.0763. The monoisotopic (exact) mass is 253 g/mol. The number of ether oxygens (including phenoxy) is 1. The first-order chi connectivity index (χ1) is 8.83. The second-order valence-corrected chi connectivity index (χ2v) is 5.36. The molecule has 18 heavy (non-hydrogen) atoms. The number of nitrogens with one attached hydrogen (secondary N) is 1. The Bertz CT molecular complexity index is 217. The average molecular weight is 253 g/mol. The van der Waals surface area contributed by atoms with Crippen molar-refractivity contribution in [1.82, 2.24) is 5.32 Å². The molecule has 3 atom stereocenters. The summed E-state index contributed by atoms with van der Waals surface area (Å²) >= 11 is 0.